The predicted molar refractivity (Wildman–Crippen MR) is 163 cm³/mol. The molecule has 0 bridgehead atoms. The van der Waals surface area contributed by atoms with Crippen molar-refractivity contribution < 1.29 is 32.3 Å². The lowest BCUT2D eigenvalue weighted by Crippen LogP contribution is -1.98. The summed E-state index contributed by atoms with van der Waals surface area (Å²) in [5.74, 6) is 0. The van der Waals surface area contributed by atoms with Crippen molar-refractivity contribution in [1.82, 2.24) is 0 Å². The third kappa shape index (κ3) is 24.2. The summed E-state index contributed by atoms with van der Waals surface area (Å²) in [6.07, 6.45) is 19.5. The van der Waals surface area contributed by atoms with Gasteiger partial charge in [-0.3, -0.25) is 9.05 Å². The average Bonchev–Trinajstić information content (AvgIpc) is 2.77. The largest absolute Gasteiger partial charge is 0.481 e. The Morgan fingerprint density at radius 2 is 0.795 bits per heavy atom. The van der Waals surface area contributed by atoms with Crippen LogP contribution in [0.2, 0.25) is 0 Å². The molecule has 0 amide bonds. The van der Waals surface area contributed by atoms with E-state index in [1.165, 1.54) is 22.3 Å². The number of allylic oxidation sites excluding steroid dienone is 10. The van der Waals surface area contributed by atoms with Crippen LogP contribution in [0.5, 0.6) is 0 Å². The highest BCUT2D eigenvalue weighted by molar-refractivity contribution is 7.61. The fraction of sp³-hybridized carbons (Fsp3) is 0.600. The van der Waals surface area contributed by atoms with Crippen LogP contribution in [0.25, 0.3) is 0 Å². The van der Waals surface area contributed by atoms with E-state index in [4.69, 9.17) is 9.05 Å². The van der Waals surface area contributed by atoms with E-state index >= 15 is 0 Å². The van der Waals surface area contributed by atoms with Crippen molar-refractivity contribution in [2.45, 2.75) is 107 Å². The van der Waals surface area contributed by atoms with Crippen LogP contribution >= 0.6 is 15.6 Å². The van der Waals surface area contributed by atoms with Gasteiger partial charge in [-0.15, -0.1) is 0 Å². The molecule has 0 rings (SSSR count). The molecule has 224 valence electrons. The molecule has 7 nitrogen and oxygen atoms in total. The zero-order valence-electron chi connectivity index (χ0n) is 25.4. The Bertz CT molecular complexity index is 928. The third-order valence-corrected chi connectivity index (χ3v) is 8.39. The van der Waals surface area contributed by atoms with Crippen LogP contribution in [0.1, 0.15) is 107 Å². The van der Waals surface area contributed by atoms with Gasteiger partial charge in [-0.1, -0.05) is 69.9 Å². The van der Waals surface area contributed by atoms with Gasteiger partial charge >= 0.3 is 15.6 Å². The second-order valence-electron chi connectivity index (χ2n) is 10.5. The Hall–Kier alpha value is -1.30. The zero-order valence-corrected chi connectivity index (χ0v) is 27.2. The zero-order chi connectivity index (χ0) is 29.9. The van der Waals surface area contributed by atoms with E-state index in [2.05, 4.69) is 70.2 Å². The van der Waals surface area contributed by atoms with E-state index in [1.54, 1.807) is 12.2 Å². The second-order valence-corrected chi connectivity index (χ2v) is 13.6. The lowest BCUT2D eigenvalue weighted by atomic mass is 10.1. The van der Waals surface area contributed by atoms with E-state index in [1.807, 2.05) is 13.8 Å². The Morgan fingerprint density at radius 3 is 1.10 bits per heavy atom. The van der Waals surface area contributed by atoms with Crippen molar-refractivity contribution in [1.29, 1.82) is 0 Å². The second kappa shape index (κ2) is 20.6. The number of phosphoric acid groups is 2. The summed E-state index contributed by atoms with van der Waals surface area (Å²) >= 11 is 0. The van der Waals surface area contributed by atoms with Crippen molar-refractivity contribution in [2.75, 3.05) is 13.2 Å². The highest BCUT2D eigenvalue weighted by Gasteiger charge is 2.34. The molecule has 2 unspecified atom stereocenters. The van der Waals surface area contributed by atoms with Crippen molar-refractivity contribution in [2.24, 2.45) is 0 Å². The molecule has 0 saturated heterocycles. The van der Waals surface area contributed by atoms with Gasteiger partial charge in [0, 0.05) is 0 Å². The first-order valence-corrected chi connectivity index (χ1v) is 16.7. The van der Waals surface area contributed by atoms with E-state index in [-0.39, 0.29) is 13.2 Å². The predicted octanol–water partition coefficient (Wildman–Crippen LogP) is 10.1. The van der Waals surface area contributed by atoms with Gasteiger partial charge < -0.3 is 9.79 Å². The van der Waals surface area contributed by atoms with Crippen LogP contribution in [0, 0.1) is 0 Å². The summed E-state index contributed by atoms with van der Waals surface area (Å²) in [7, 11) is -9.55. The number of hydrogen-bond acceptors (Lipinski definition) is 5. The molecule has 0 aromatic heterocycles. The van der Waals surface area contributed by atoms with Crippen molar-refractivity contribution in [3.63, 3.8) is 0 Å². The molecule has 0 saturated carbocycles. The summed E-state index contributed by atoms with van der Waals surface area (Å²) in [6, 6.07) is 0. The van der Waals surface area contributed by atoms with E-state index < -0.39 is 15.6 Å². The fourth-order valence-electron chi connectivity index (χ4n) is 3.40. The Kier molecular flexibility index (Phi) is 19.9. The normalized spacial score (nSPS) is 16.5. The minimum Gasteiger partial charge on any atom is -0.302 e. The van der Waals surface area contributed by atoms with Gasteiger partial charge in [-0.05, 0) is 107 Å². The molecule has 0 spiro atoms. The smallest absolute Gasteiger partial charge is 0.302 e. The SMILES string of the molecule is CC(C)=CCCC(C)=CCCC(C)=CCOP(=O)(O)OP(=O)(O)OCC=C(C)CCC=C(C)CCC=C(C)C. The quantitative estimate of drug-likeness (QED) is 0.108. The molecular formula is C30H52O7P2. The number of rotatable bonds is 20. The van der Waals surface area contributed by atoms with Crippen molar-refractivity contribution in [3.8, 4) is 0 Å². The first kappa shape index (κ1) is 37.7. The lowest BCUT2D eigenvalue weighted by molar-refractivity contribution is 0.170. The Labute approximate surface area is 237 Å². The van der Waals surface area contributed by atoms with Crippen LogP contribution in [0.3, 0.4) is 0 Å². The van der Waals surface area contributed by atoms with E-state index in [0.717, 1.165) is 62.5 Å². The van der Waals surface area contributed by atoms with Crippen molar-refractivity contribution >= 4 is 15.6 Å². The van der Waals surface area contributed by atoms with Gasteiger partial charge in [0.05, 0.1) is 13.2 Å². The van der Waals surface area contributed by atoms with E-state index in [9.17, 15) is 18.9 Å². The molecule has 2 N–H and O–H groups in total. The third-order valence-electron chi connectivity index (χ3n) is 5.79. The average molecular weight is 587 g/mol. The Morgan fingerprint density at radius 1 is 0.513 bits per heavy atom. The molecule has 39 heavy (non-hydrogen) atoms. The minimum absolute atomic E-state index is 0.219. The molecule has 0 aliphatic carbocycles. The van der Waals surface area contributed by atoms with Gasteiger partial charge in [0.2, 0.25) is 0 Å². The summed E-state index contributed by atoms with van der Waals surface area (Å²) in [6.45, 7) is 15.9. The monoisotopic (exact) mass is 586 g/mol. The van der Waals surface area contributed by atoms with Crippen molar-refractivity contribution in [3.05, 3.63) is 69.9 Å². The minimum atomic E-state index is -4.77. The topological polar surface area (TPSA) is 102 Å². The summed E-state index contributed by atoms with van der Waals surface area (Å²) in [4.78, 5) is 19.7. The van der Waals surface area contributed by atoms with Crippen LogP contribution in [0.4, 0.5) is 0 Å². The highest BCUT2D eigenvalue weighted by Crippen LogP contribution is 2.60. The molecule has 0 aliphatic rings. The summed E-state index contributed by atoms with van der Waals surface area (Å²) in [5, 5.41) is 0. The molecule has 2 atom stereocenters. The summed E-state index contributed by atoms with van der Waals surface area (Å²) < 4.78 is 38.3. The van der Waals surface area contributed by atoms with Gasteiger partial charge in [-0.2, -0.15) is 4.31 Å². The molecule has 0 heterocycles. The van der Waals surface area contributed by atoms with Crippen LogP contribution < -0.4 is 0 Å². The van der Waals surface area contributed by atoms with E-state index in [0.29, 0.717) is 0 Å². The van der Waals surface area contributed by atoms with Gasteiger partial charge in [0.25, 0.3) is 0 Å². The molecule has 9 heteroatoms. The number of phosphoric ester groups is 2. The standard InChI is InChI=1S/C30H52O7P2/c1-25(2)13-9-15-27(5)17-11-19-29(7)21-23-35-38(31,32)37-39(33,34)36-24-22-30(8)20-12-18-28(6)16-10-14-26(3)4/h13-14,17-18,21-22H,9-12,15-16,19-20,23-24H2,1-8H3,(H,31,32)(H,33,34). The van der Waals surface area contributed by atoms with Crippen LogP contribution in [-0.2, 0) is 22.5 Å². The maximum absolute atomic E-state index is 12.1. The molecule has 0 fully saturated rings. The fourth-order valence-corrected chi connectivity index (χ4v) is 5.35. The van der Waals surface area contributed by atoms with Crippen LogP contribution in [0.15, 0.2) is 69.9 Å². The maximum Gasteiger partial charge on any atom is 0.481 e. The van der Waals surface area contributed by atoms with Crippen LogP contribution in [-0.4, -0.2) is 23.0 Å². The molecule has 0 aromatic rings. The molecule has 0 aromatic carbocycles. The van der Waals surface area contributed by atoms with Gasteiger partial charge in [0.1, 0.15) is 0 Å². The summed E-state index contributed by atoms with van der Waals surface area (Å²) in [5.41, 5.74) is 7.24. The highest BCUT2D eigenvalue weighted by atomic mass is 31.3. The first-order valence-electron chi connectivity index (χ1n) is 13.7. The van der Waals surface area contributed by atoms with Gasteiger partial charge in [-0.25, -0.2) is 9.13 Å². The molecular weight excluding hydrogens is 534 g/mol. The van der Waals surface area contributed by atoms with Gasteiger partial charge in [0.15, 0.2) is 0 Å². The maximum atomic E-state index is 12.1. The Balaban J connectivity index is 4.45. The molecule has 0 aliphatic heterocycles. The lowest BCUT2D eigenvalue weighted by Gasteiger charge is -2.15. The first-order chi connectivity index (χ1) is 18.1. The molecule has 0 radical (unpaired) electrons. The number of hydrogen-bond donors (Lipinski definition) is 2.